The van der Waals surface area contributed by atoms with Gasteiger partial charge in [0.25, 0.3) is 0 Å². The topological polar surface area (TPSA) is 15.3 Å². The van der Waals surface area contributed by atoms with Crippen LogP contribution in [0.15, 0.2) is 0 Å². The number of hydrogen-bond acceptors (Lipinski definition) is 3. The molecule has 0 aromatic rings. The molecule has 1 unspecified atom stereocenters. The molecule has 1 atom stereocenters. The summed E-state index contributed by atoms with van der Waals surface area (Å²) in [6.07, 6.45) is 6.93. The van der Waals surface area contributed by atoms with Crippen molar-refractivity contribution in [3.8, 4) is 0 Å². The maximum atomic E-state index is 3.64. The molecule has 2 nitrogen and oxygen atoms in total. The Bertz CT molecular complexity index is 239. The Morgan fingerprint density at radius 1 is 1.28 bits per heavy atom. The molecule has 1 saturated heterocycles. The Balaban J connectivity index is 1.66. The van der Waals surface area contributed by atoms with Gasteiger partial charge in [0.1, 0.15) is 0 Å². The lowest BCUT2D eigenvalue weighted by molar-refractivity contribution is 0.124. The molecule has 0 spiro atoms. The molecule has 18 heavy (non-hydrogen) atoms. The maximum absolute atomic E-state index is 3.64. The monoisotopic (exact) mass is 270 g/mol. The van der Waals surface area contributed by atoms with E-state index in [1.807, 2.05) is 0 Å². The summed E-state index contributed by atoms with van der Waals surface area (Å²) in [6, 6.07) is 1.60. The van der Waals surface area contributed by atoms with Gasteiger partial charge in [-0.2, -0.15) is 11.8 Å². The Morgan fingerprint density at radius 2 is 2.00 bits per heavy atom. The van der Waals surface area contributed by atoms with Crippen molar-refractivity contribution in [3.63, 3.8) is 0 Å². The molecule has 2 fully saturated rings. The van der Waals surface area contributed by atoms with E-state index >= 15 is 0 Å². The molecular weight excluding hydrogens is 240 g/mol. The highest BCUT2D eigenvalue weighted by molar-refractivity contribution is 7.99. The summed E-state index contributed by atoms with van der Waals surface area (Å²) >= 11 is 2.11. The van der Waals surface area contributed by atoms with Crippen LogP contribution in [0.1, 0.15) is 46.0 Å². The van der Waals surface area contributed by atoms with E-state index in [4.69, 9.17) is 0 Å². The van der Waals surface area contributed by atoms with Crippen molar-refractivity contribution < 1.29 is 0 Å². The zero-order valence-electron chi connectivity index (χ0n) is 12.4. The smallest absolute Gasteiger partial charge is 0.0170 e. The summed E-state index contributed by atoms with van der Waals surface area (Å²) in [5, 5.41) is 3.64. The van der Waals surface area contributed by atoms with Crippen LogP contribution in [0.5, 0.6) is 0 Å². The average Bonchev–Trinajstić information content (AvgIpc) is 2.37. The molecule has 2 rings (SSSR count). The second-order valence-corrected chi connectivity index (χ2v) is 8.04. The highest BCUT2D eigenvalue weighted by Crippen LogP contribution is 2.36. The molecule has 1 aliphatic heterocycles. The van der Waals surface area contributed by atoms with Gasteiger partial charge in [-0.1, -0.05) is 13.8 Å². The maximum Gasteiger partial charge on any atom is 0.0170 e. The molecule has 0 aromatic heterocycles. The van der Waals surface area contributed by atoms with Crippen molar-refractivity contribution in [3.05, 3.63) is 0 Å². The third-order valence-electron chi connectivity index (χ3n) is 4.76. The fraction of sp³-hybridized carbons (Fsp3) is 1.00. The zero-order valence-corrected chi connectivity index (χ0v) is 13.2. The van der Waals surface area contributed by atoms with Crippen molar-refractivity contribution in [1.29, 1.82) is 0 Å². The number of rotatable bonds is 4. The zero-order chi connectivity index (χ0) is 13.0. The van der Waals surface area contributed by atoms with Crippen molar-refractivity contribution in [2.24, 2.45) is 5.41 Å². The third kappa shape index (κ3) is 4.43. The minimum absolute atomic E-state index is 0.596. The summed E-state index contributed by atoms with van der Waals surface area (Å²) in [4.78, 5) is 2.62. The Morgan fingerprint density at radius 3 is 2.61 bits per heavy atom. The molecule has 2 aliphatic rings. The van der Waals surface area contributed by atoms with Crippen LogP contribution < -0.4 is 5.32 Å². The lowest BCUT2D eigenvalue weighted by Crippen LogP contribution is -2.42. The van der Waals surface area contributed by atoms with Crippen LogP contribution in [0.4, 0.5) is 0 Å². The van der Waals surface area contributed by atoms with Gasteiger partial charge in [-0.05, 0) is 51.1 Å². The molecule has 1 aliphatic carbocycles. The van der Waals surface area contributed by atoms with E-state index in [-0.39, 0.29) is 0 Å². The second-order valence-electron chi connectivity index (χ2n) is 6.89. The van der Waals surface area contributed by atoms with Gasteiger partial charge in [0.05, 0.1) is 0 Å². The molecule has 1 saturated carbocycles. The first kappa shape index (κ1) is 14.7. The summed E-state index contributed by atoms with van der Waals surface area (Å²) in [7, 11) is 2.33. The summed E-state index contributed by atoms with van der Waals surface area (Å²) in [5.41, 5.74) is 0.596. The van der Waals surface area contributed by atoms with Crippen LogP contribution in [-0.4, -0.2) is 48.6 Å². The quantitative estimate of drug-likeness (QED) is 0.845. The van der Waals surface area contributed by atoms with Gasteiger partial charge >= 0.3 is 0 Å². The normalized spacial score (nSPS) is 29.7. The summed E-state index contributed by atoms with van der Waals surface area (Å²) < 4.78 is 0. The largest absolute Gasteiger partial charge is 0.312 e. The van der Waals surface area contributed by atoms with E-state index < -0.39 is 0 Å². The second kappa shape index (κ2) is 6.62. The summed E-state index contributed by atoms with van der Waals surface area (Å²) in [6.45, 7) is 7.32. The molecule has 0 bridgehead atoms. The first-order valence-electron chi connectivity index (χ1n) is 7.58. The van der Waals surface area contributed by atoms with Gasteiger partial charge < -0.3 is 10.2 Å². The molecule has 106 valence electrons. The molecule has 1 heterocycles. The predicted molar refractivity (Wildman–Crippen MR) is 82.4 cm³/mol. The number of thioether (sulfide) groups is 1. The lowest BCUT2D eigenvalue weighted by Gasteiger charge is -2.39. The van der Waals surface area contributed by atoms with Crippen LogP contribution in [-0.2, 0) is 0 Å². The van der Waals surface area contributed by atoms with Gasteiger partial charge in [0.15, 0.2) is 0 Å². The number of nitrogens with one attached hydrogen (secondary N) is 1. The highest BCUT2D eigenvalue weighted by Gasteiger charge is 2.28. The molecule has 1 N–H and O–H groups in total. The van der Waals surface area contributed by atoms with E-state index in [2.05, 4.69) is 42.9 Å². The standard InChI is InChI=1S/C15H30N2S/c1-15(2)7-4-14(5-8-15)17(3)10-6-13-12-18-11-9-16-13/h13-14,16H,4-12H2,1-3H3. The predicted octanol–water partition coefficient (Wildman–Crippen LogP) is 2.98. The molecule has 3 heteroatoms. The average molecular weight is 270 g/mol. The molecular formula is C15H30N2S. The van der Waals surface area contributed by atoms with E-state index in [0.717, 1.165) is 12.1 Å². The van der Waals surface area contributed by atoms with Crippen molar-refractivity contribution in [2.45, 2.75) is 58.0 Å². The fourth-order valence-electron chi connectivity index (χ4n) is 3.17. The first-order valence-corrected chi connectivity index (χ1v) is 8.74. The van der Waals surface area contributed by atoms with Gasteiger partial charge in [0, 0.05) is 30.1 Å². The lowest BCUT2D eigenvalue weighted by atomic mass is 9.75. The van der Waals surface area contributed by atoms with Crippen LogP contribution >= 0.6 is 11.8 Å². The SMILES string of the molecule is CN(CCC1CSCCN1)C1CCC(C)(C)CC1. The molecule has 0 amide bonds. The Kier molecular flexibility index (Phi) is 5.40. The highest BCUT2D eigenvalue weighted by atomic mass is 32.2. The Labute approximate surface area is 117 Å². The van der Waals surface area contributed by atoms with Crippen LogP contribution in [0.25, 0.3) is 0 Å². The number of hydrogen-bond donors (Lipinski definition) is 1. The first-order chi connectivity index (χ1) is 8.57. The van der Waals surface area contributed by atoms with Gasteiger partial charge in [0.2, 0.25) is 0 Å². The van der Waals surface area contributed by atoms with E-state index in [9.17, 15) is 0 Å². The number of nitrogens with zero attached hydrogens (tertiary/aromatic N) is 1. The molecule has 0 radical (unpaired) electrons. The minimum atomic E-state index is 0.596. The molecule has 0 aromatic carbocycles. The van der Waals surface area contributed by atoms with E-state index in [1.165, 1.54) is 56.7 Å². The van der Waals surface area contributed by atoms with Crippen molar-refractivity contribution >= 4 is 11.8 Å². The van der Waals surface area contributed by atoms with Gasteiger partial charge in [-0.3, -0.25) is 0 Å². The third-order valence-corrected chi connectivity index (χ3v) is 5.89. The van der Waals surface area contributed by atoms with Gasteiger partial charge in [-0.15, -0.1) is 0 Å². The van der Waals surface area contributed by atoms with Crippen molar-refractivity contribution in [1.82, 2.24) is 10.2 Å². The fourth-order valence-corrected chi connectivity index (χ4v) is 4.17. The van der Waals surface area contributed by atoms with Crippen LogP contribution in [0, 0.1) is 5.41 Å². The van der Waals surface area contributed by atoms with Crippen LogP contribution in [0.2, 0.25) is 0 Å². The van der Waals surface area contributed by atoms with Crippen LogP contribution in [0.3, 0.4) is 0 Å². The summed E-state index contributed by atoms with van der Waals surface area (Å²) in [5.74, 6) is 2.61. The van der Waals surface area contributed by atoms with Crippen molar-refractivity contribution in [2.75, 3.05) is 31.6 Å². The minimum Gasteiger partial charge on any atom is -0.312 e. The van der Waals surface area contributed by atoms with E-state index in [0.29, 0.717) is 5.41 Å². The van der Waals surface area contributed by atoms with Gasteiger partial charge in [-0.25, -0.2) is 0 Å². The van der Waals surface area contributed by atoms with E-state index in [1.54, 1.807) is 0 Å². The Hall–Kier alpha value is 0.270.